The number of nitrogens with zero attached hydrogens (tertiary/aromatic N) is 1. The summed E-state index contributed by atoms with van der Waals surface area (Å²) in [6, 6.07) is 11.2. The second-order valence-corrected chi connectivity index (χ2v) is 6.24. The van der Waals surface area contributed by atoms with Gasteiger partial charge in [-0.15, -0.1) is 0 Å². The van der Waals surface area contributed by atoms with Gasteiger partial charge in [-0.05, 0) is 23.7 Å². The van der Waals surface area contributed by atoms with E-state index >= 15 is 0 Å². The Hall–Kier alpha value is -2.84. The fourth-order valence-corrected chi connectivity index (χ4v) is 2.78. The van der Waals surface area contributed by atoms with Gasteiger partial charge in [0.15, 0.2) is 5.75 Å². The number of rotatable bonds is 11. The van der Waals surface area contributed by atoms with Gasteiger partial charge in [0.25, 0.3) is 5.56 Å². The van der Waals surface area contributed by atoms with Crippen molar-refractivity contribution in [1.29, 1.82) is 0 Å². The number of carbonyl (C=O) groups is 1. The molecule has 8 nitrogen and oxygen atoms in total. The van der Waals surface area contributed by atoms with E-state index in [0.29, 0.717) is 26.1 Å². The van der Waals surface area contributed by atoms with Crippen LogP contribution < -0.4 is 20.9 Å². The highest BCUT2D eigenvalue weighted by molar-refractivity contribution is 5.64. The molecule has 0 aliphatic heterocycles. The normalized spacial score (nSPS) is 11.8. The van der Waals surface area contributed by atoms with Gasteiger partial charge < -0.3 is 24.5 Å². The Morgan fingerprint density at radius 1 is 1.25 bits per heavy atom. The Balaban J connectivity index is 2.25. The fourth-order valence-electron chi connectivity index (χ4n) is 2.78. The summed E-state index contributed by atoms with van der Waals surface area (Å²) in [6.45, 7) is 3.53. The first-order valence-corrected chi connectivity index (χ1v) is 9.15. The summed E-state index contributed by atoms with van der Waals surface area (Å²) in [4.78, 5) is 23.7. The summed E-state index contributed by atoms with van der Waals surface area (Å²) in [5.41, 5.74) is 1.48. The van der Waals surface area contributed by atoms with Crippen LogP contribution in [0.5, 0.6) is 5.75 Å². The van der Waals surface area contributed by atoms with Gasteiger partial charge in [0.2, 0.25) is 0 Å². The van der Waals surface area contributed by atoms with Gasteiger partial charge in [-0.3, -0.25) is 10.1 Å². The molecular weight excluding hydrogens is 362 g/mol. The largest absolute Gasteiger partial charge is 0.483 e. The van der Waals surface area contributed by atoms with Crippen LogP contribution in [-0.2, 0) is 24.3 Å². The molecule has 1 atom stereocenters. The van der Waals surface area contributed by atoms with Crippen LogP contribution >= 0.6 is 0 Å². The van der Waals surface area contributed by atoms with Crippen LogP contribution in [0, 0.1) is 0 Å². The Labute approximate surface area is 164 Å². The average molecular weight is 389 g/mol. The summed E-state index contributed by atoms with van der Waals surface area (Å²) in [7, 11) is 1.57. The highest BCUT2D eigenvalue weighted by Gasteiger charge is 2.14. The lowest BCUT2D eigenvalue weighted by molar-refractivity contribution is 0.185. The topological polar surface area (TPSA) is 102 Å². The number of likely N-dealkylation sites (N-methyl/N-ethyl adjacent to an activating group) is 1. The Morgan fingerprint density at radius 3 is 2.64 bits per heavy atom. The number of methoxy groups -OCH3 is 1. The molecule has 2 aromatic rings. The van der Waals surface area contributed by atoms with Crippen LogP contribution in [0.2, 0.25) is 0 Å². The molecule has 1 aromatic heterocycles. The molecule has 28 heavy (non-hydrogen) atoms. The van der Waals surface area contributed by atoms with Crippen molar-refractivity contribution in [2.24, 2.45) is 0 Å². The molecule has 0 saturated carbocycles. The van der Waals surface area contributed by atoms with Gasteiger partial charge in [0.1, 0.15) is 6.61 Å². The maximum absolute atomic E-state index is 12.7. The molecule has 0 aliphatic rings. The van der Waals surface area contributed by atoms with Crippen LogP contribution in [0.3, 0.4) is 0 Å². The van der Waals surface area contributed by atoms with Gasteiger partial charge in [-0.2, -0.15) is 0 Å². The number of hydrogen-bond acceptors (Lipinski definition) is 5. The van der Waals surface area contributed by atoms with Crippen molar-refractivity contribution in [3.05, 3.63) is 64.1 Å². The second kappa shape index (κ2) is 11.1. The molecule has 0 radical (unpaired) electrons. The smallest absolute Gasteiger partial charge is 0.405 e. The third kappa shape index (κ3) is 6.71. The van der Waals surface area contributed by atoms with Gasteiger partial charge >= 0.3 is 6.09 Å². The van der Waals surface area contributed by atoms with Gasteiger partial charge in [0.05, 0.1) is 12.8 Å². The molecule has 1 heterocycles. The monoisotopic (exact) mass is 389 g/mol. The zero-order valence-electron chi connectivity index (χ0n) is 16.2. The summed E-state index contributed by atoms with van der Waals surface area (Å²) >= 11 is 0. The van der Waals surface area contributed by atoms with E-state index in [2.05, 4.69) is 10.6 Å². The van der Waals surface area contributed by atoms with E-state index in [9.17, 15) is 9.59 Å². The van der Waals surface area contributed by atoms with Gasteiger partial charge in [0, 0.05) is 26.3 Å². The van der Waals surface area contributed by atoms with Crippen LogP contribution in [0.1, 0.15) is 18.1 Å². The minimum Gasteiger partial charge on any atom is -0.483 e. The van der Waals surface area contributed by atoms with Crippen molar-refractivity contribution >= 4 is 6.09 Å². The Morgan fingerprint density at radius 2 is 2.00 bits per heavy atom. The van der Waals surface area contributed by atoms with E-state index in [4.69, 9.17) is 14.6 Å². The third-order valence-corrected chi connectivity index (χ3v) is 4.07. The maximum Gasteiger partial charge on any atom is 0.405 e. The third-order valence-electron chi connectivity index (χ3n) is 4.07. The molecule has 2 rings (SSSR count). The molecule has 0 spiro atoms. The molecule has 0 bridgehead atoms. The number of benzene rings is 1. The summed E-state index contributed by atoms with van der Waals surface area (Å²) in [6.07, 6.45) is 0.497. The maximum atomic E-state index is 12.7. The zero-order chi connectivity index (χ0) is 20.4. The first-order valence-electron chi connectivity index (χ1n) is 9.15. The summed E-state index contributed by atoms with van der Waals surface area (Å²) in [5.74, 6) is 0.225. The number of nitrogens with one attached hydrogen (secondary N) is 2. The van der Waals surface area contributed by atoms with E-state index in [-0.39, 0.29) is 17.9 Å². The van der Waals surface area contributed by atoms with Crippen molar-refractivity contribution in [2.75, 3.05) is 20.3 Å². The lowest BCUT2D eigenvalue weighted by Gasteiger charge is -2.19. The molecular formula is C20H27N3O5. The molecule has 8 heteroatoms. The Kier molecular flexibility index (Phi) is 8.51. The fraction of sp³-hybridized carbons (Fsp3) is 0.400. The molecule has 0 aliphatic carbocycles. The minimum atomic E-state index is -1.11. The predicted molar refractivity (Wildman–Crippen MR) is 106 cm³/mol. The van der Waals surface area contributed by atoms with Gasteiger partial charge in [-0.25, -0.2) is 4.79 Å². The standard InChI is InChI=1S/C20H27N3O5/c1-3-21-18(22-20(25)26)12-16-11-17(19(24)23(13-16)9-10-27-2)28-14-15-7-5-4-6-8-15/h4-8,11,13,18,21-22H,3,9-10,12,14H2,1-2H3,(H,25,26). The predicted octanol–water partition coefficient (Wildman–Crippen LogP) is 1.82. The zero-order valence-corrected chi connectivity index (χ0v) is 16.2. The molecule has 0 fully saturated rings. The first kappa shape index (κ1) is 21.5. The van der Waals surface area contributed by atoms with Crippen LogP contribution in [0.25, 0.3) is 0 Å². The highest BCUT2D eigenvalue weighted by Crippen LogP contribution is 2.12. The first-order chi connectivity index (χ1) is 13.5. The molecule has 152 valence electrons. The van der Waals surface area contributed by atoms with E-state index in [1.54, 1.807) is 19.4 Å². The number of pyridine rings is 1. The lowest BCUT2D eigenvalue weighted by Crippen LogP contribution is -2.46. The number of hydrogen-bond donors (Lipinski definition) is 3. The second-order valence-electron chi connectivity index (χ2n) is 6.24. The van der Waals surface area contributed by atoms with Crippen LogP contribution in [0.4, 0.5) is 4.79 Å². The quantitative estimate of drug-likeness (QED) is 0.507. The van der Waals surface area contributed by atoms with Crippen LogP contribution in [0.15, 0.2) is 47.4 Å². The van der Waals surface area contributed by atoms with E-state index in [1.165, 1.54) is 4.57 Å². The minimum absolute atomic E-state index is 0.225. The number of aromatic nitrogens is 1. The molecule has 1 unspecified atom stereocenters. The summed E-state index contributed by atoms with van der Waals surface area (Å²) in [5, 5.41) is 14.5. The Bertz CT molecular complexity index is 807. The van der Waals surface area contributed by atoms with E-state index in [1.807, 2.05) is 37.3 Å². The summed E-state index contributed by atoms with van der Waals surface area (Å²) < 4.78 is 12.4. The van der Waals surface area contributed by atoms with E-state index < -0.39 is 12.3 Å². The lowest BCUT2D eigenvalue weighted by atomic mass is 10.1. The van der Waals surface area contributed by atoms with Crippen molar-refractivity contribution in [3.63, 3.8) is 0 Å². The van der Waals surface area contributed by atoms with Crippen molar-refractivity contribution < 1.29 is 19.4 Å². The van der Waals surface area contributed by atoms with Crippen molar-refractivity contribution in [3.8, 4) is 5.75 Å². The molecule has 3 N–H and O–H groups in total. The number of carboxylic acid groups (broad SMARTS) is 1. The number of amides is 1. The highest BCUT2D eigenvalue weighted by atomic mass is 16.5. The van der Waals surface area contributed by atoms with Crippen molar-refractivity contribution in [1.82, 2.24) is 15.2 Å². The van der Waals surface area contributed by atoms with E-state index in [0.717, 1.165) is 11.1 Å². The molecule has 1 aromatic carbocycles. The molecule has 1 amide bonds. The molecule has 0 saturated heterocycles. The number of ether oxygens (including phenoxy) is 2. The van der Waals surface area contributed by atoms with Crippen LogP contribution in [-0.4, -0.2) is 42.2 Å². The SMILES string of the molecule is CCNC(Cc1cc(OCc2ccccc2)c(=O)n(CCOC)c1)NC(=O)O. The average Bonchev–Trinajstić information content (AvgIpc) is 2.67. The van der Waals surface area contributed by atoms with Crippen molar-refractivity contribution in [2.45, 2.75) is 32.7 Å². The van der Waals surface area contributed by atoms with Gasteiger partial charge in [-0.1, -0.05) is 37.3 Å².